The highest BCUT2D eigenvalue weighted by molar-refractivity contribution is 6.17. The maximum absolute atomic E-state index is 10.8. The van der Waals surface area contributed by atoms with Crippen LogP contribution in [0.1, 0.15) is 40.0 Å². The molecule has 0 unspecified atom stereocenters. The molecular weight excluding hydrogens is 236 g/mol. The predicted octanol–water partition coefficient (Wildman–Crippen LogP) is 1.72. The monoisotopic (exact) mass is 260 g/mol. The largest absolute Gasteiger partial charge is 0.459 e. The first-order valence-electron chi connectivity index (χ1n) is 6.13. The van der Waals surface area contributed by atoms with Crippen LogP contribution in [0.3, 0.4) is 0 Å². The molecule has 1 saturated carbocycles. The average Bonchev–Trinajstić information content (AvgIpc) is 2.24. The van der Waals surface area contributed by atoms with Gasteiger partial charge in [-0.05, 0) is 40.0 Å². The molecule has 1 fully saturated rings. The highest BCUT2D eigenvalue weighted by Gasteiger charge is 2.21. The van der Waals surface area contributed by atoms with Gasteiger partial charge in [0.1, 0.15) is 6.10 Å². The van der Waals surface area contributed by atoms with E-state index in [0.29, 0.717) is 5.57 Å². The smallest absolute Gasteiger partial charge is 0.333 e. The molecule has 4 nitrogen and oxygen atoms in total. The first-order valence-corrected chi connectivity index (χ1v) is 7.29. The fourth-order valence-corrected chi connectivity index (χ4v) is 1.42. The number of ether oxygens (including phenoxy) is 1. The molecule has 0 heterocycles. The Bertz CT molecular complexity index is 223. The molecule has 0 amide bonds. The van der Waals surface area contributed by atoms with Crippen molar-refractivity contribution in [2.75, 3.05) is 13.2 Å². The van der Waals surface area contributed by atoms with Gasteiger partial charge in [-0.15, -0.1) is 0 Å². The summed E-state index contributed by atoms with van der Waals surface area (Å²) >= 11 is 0. The summed E-state index contributed by atoms with van der Waals surface area (Å²) in [6, 6.07) is 0. The second kappa shape index (κ2) is 10.5. The number of hydrogen-bond acceptors (Lipinski definition) is 4. The van der Waals surface area contributed by atoms with Gasteiger partial charge >= 0.3 is 16.0 Å². The molecule has 0 spiro atoms. The fourth-order valence-electron chi connectivity index (χ4n) is 0.966. The quantitative estimate of drug-likeness (QED) is 0.316. The Morgan fingerprint density at radius 2 is 1.82 bits per heavy atom. The van der Waals surface area contributed by atoms with Crippen LogP contribution >= 0.6 is 0 Å². The van der Waals surface area contributed by atoms with Crippen LogP contribution in [0.25, 0.3) is 0 Å². The lowest BCUT2D eigenvalue weighted by Crippen LogP contribution is -2.25. The molecule has 17 heavy (non-hydrogen) atoms. The van der Waals surface area contributed by atoms with E-state index in [1.807, 2.05) is 13.8 Å². The van der Waals surface area contributed by atoms with Crippen LogP contribution in [0.2, 0.25) is 0 Å². The van der Waals surface area contributed by atoms with Crippen molar-refractivity contribution in [3.8, 4) is 0 Å². The summed E-state index contributed by atoms with van der Waals surface area (Å²) in [4.78, 5) is 10.8. The van der Waals surface area contributed by atoms with Crippen LogP contribution in [0.4, 0.5) is 0 Å². The third-order valence-electron chi connectivity index (χ3n) is 2.25. The summed E-state index contributed by atoms with van der Waals surface area (Å²) in [5.74, 6) is -0.246. The van der Waals surface area contributed by atoms with Gasteiger partial charge in [0.15, 0.2) is 0 Å². The lowest BCUT2D eigenvalue weighted by atomic mass is 9.96. The van der Waals surface area contributed by atoms with Gasteiger partial charge in [-0.2, -0.15) is 0 Å². The van der Waals surface area contributed by atoms with E-state index in [2.05, 4.69) is 6.58 Å². The molecule has 0 saturated heterocycles. The van der Waals surface area contributed by atoms with Gasteiger partial charge in [-0.3, -0.25) is 0 Å². The predicted molar refractivity (Wildman–Crippen MR) is 70.3 cm³/mol. The Labute approximate surface area is 106 Å². The van der Waals surface area contributed by atoms with Crippen LogP contribution in [-0.4, -0.2) is 35.3 Å². The lowest BCUT2D eigenvalue weighted by Gasteiger charge is -2.24. The maximum Gasteiger partial charge on any atom is 0.333 e. The zero-order chi connectivity index (χ0) is 13.1. The summed E-state index contributed by atoms with van der Waals surface area (Å²) in [5.41, 5.74) is 0.492. The first kappa shape index (κ1) is 16.3. The van der Waals surface area contributed by atoms with E-state index in [1.165, 1.54) is 6.42 Å². The molecule has 0 aromatic rings. The molecule has 100 valence electrons. The number of hydrogen-bond donors (Lipinski definition) is 0. The van der Waals surface area contributed by atoms with Gasteiger partial charge in [0.2, 0.25) is 0 Å². The van der Waals surface area contributed by atoms with E-state index in [0.717, 1.165) is 26.1 Å². The Hall–Kier alpha value is -0.653. The van der Waals surface area contributed by atoms with Crippen LogP contribution in [0, 0.1) is 0 Å². The Balaban J connectivity index is 0.000000325. The van der Waals surface area contributed by atoms with E-state index in [1.54, 1.807) is 6.92 Å². The van der Waals surface area contributed by atoms with Crippen LogP contribution in [0.15, 0.2) is 12.2 Å². The minimum absolute atomic E-state index is 0.184. The Kier molecular flexibility index (Phi) is 10.1. The number of rotatable bonds is 6. The van der Waals surface area contributed by atoms with Gasteiger partial charge in [0, 0.05) is 18.8 Å². The topological polar surface area (TPSA) is 44.8 Å². The second-order valence-corrected chi connectivity index (χ2v) is 4.89. The van der Waals surface area contributed by atoms with Crippen molar-refractivity contribution in [3.05, 3.63) is 12.2 Å². The van der Waals surface area contributed by atoms with Crippen molar-refractivity contribution in [3.63, 3.8) is 0 Å². The standard InChI is InChI=1S/C8H12O2.C4H12O2Si/c1-6(2)8(9)10-7-4-3-5-7;1-3-5-7-6-4-2/h7H,1,3-5H2,2H3;3-4,7H2,1-2H3. The Morgan fingerprint density at radius 3 is 2.12 bits per heavy atom. The minimum atomic E-state index is -0.589. The van der Waals surface area contributed by atoms with Crippen molar-refractivity contribution >= 4 is 16.0 Å². The van der Waals surface area contributed by atoms with Crippen molar-refractivity contribution in [1.82, 2.24) is 0 Å². The zero-order valence-electron chi connectivity index (χ0n) is 11.2. The summed E-state index contributed by atoms with van der Waals surface area (Å²) < 4.78 is 15.0. The average molecular weight is 260 g/mol. The van der Waals surface area contributed by atoms with Gasteiger partial charge in [-0.25, -0.2) is 4.79 Å². The molecular formula is C12H24O4Si. The zero-order valence-corrected chi connectivity index (χ0v) is 12.6. The summed E-state index contributed by atoms with van der Waals surface area (Å²) in [7, 11) is -0.589. The van der Waals surface area contributed by atoms with E-state index in [-0.39, 0.29) is 12.1 Å². The molecule has 0 N–H and O–H groups in total. The van der Waals surface area contributed by atoms with Gasteiger partial charge < -0.3 is 13.6 Å². The van der Waals surface area contributed by atoms with Crippen LogP contribution < -0.4 is 0 Å². The third kappa shape index (κ3) is 9.09. The molecule has 5 heteroatoms. The van der Waals surface area contributed by atoms with Crippen molar-refractivity contribution in [2.24, 2.45) is 0 Å². The summed E-state index contributed by atoms with van der Waals surface area (Å²) in [6.45, 7) is 10.7. The highest BCUT2D eigenvalue weighted by atomic mass is 28.3. The Morgan fingerprint density at radius 1 is 1.29 bits per heavy atom. The highest BCUT2D eigenvalue weighted by Crippen LogP contribution is 2.22. The fraction of sp³-hybridized carbons (Fsp3) is 0.750. The molecule has 0 aliphatic heterocycles. The molecule has 1 rings (SSSR count). The van der Waals surface area contributed by atoms with Gasteiger partial charge in [0.05, 0.1) is 0 Å². The minimum Gasteiger partial charge on any atom is -0.459 e. The molecule has 0 aromatic heterocycles. The second-order valence-electron chi connectivity index (χ2n) is 3.84. The third-order valence-corrected chi connectivity index (χ3v) is 3.40. The lowest BCUT2D eigenvalue weighted by molar-refractivity contribution is -0.147. The van der Waals surface area contributed by atoms with Gasteiger partial charge in [-0.1, -0.05) is 6.58 Å². The van der Waals surface area contributed by atoms with Crippen molar-refractivity contribution in [2.45, 2.75) is 46.1 Å². The molecule has 1 aliphatic carbocycles. The normalized spacial score (nSPS) is 14.3. The summed E-state index contributed by atoms with van der Waals surface area (Å²) in [5, 5.41) is 0. The number of carbonyl (C=O) groups is 1. The van der Waals surface area contributed by atoms with E-state index in [4.69, 9.17) is 13.6 Å². The number of esters is 1. The first-order chi connectivity index (χ1) is 8.11. The van der Waals surface area contributed by atoms with Gasteiger partial charge in [0.25, 0.3) is 0 Å². The van der Waals surface area contributed by atoms with Crippen molar-refractivity contribution < 1.29 is 18.4 Å². The summed E-state index contributed by atoms with van der Waals surface area (Å²) in [6.07, 6.45) is 3.43. The van der Waals surface area contributed by atoms with Crippen molar-refractivity contribution in [1.29, 1.82) is 0 Å². The van der Waals surface area contributed by atoms with E-state index >= 15 is 0 Å². The van der Waals surface area contributed by atoms with Crippen LogP contribution in [0.5, 0.6) is 0 Å². The van der Waals surface area contributed by atoms with Crippen LogP contribution in [-0.2, 0) is 18.4 Å². The van der Waals surface area contributed by atoms with E-state index < -0.39 is 10.0 Å². The SMILES string of the molecule is C=C(C)C(=O)OC1CCC1.CCO[SiH2]OCC. The molecule has 0 atom stereocenters. The molecule has 0 aromatic carbocycles. The molecule has 0 radical (unpaired) electrons. The molecule has 1 aliphatic rings. The molecule has 0 bridgehead atoms. The maximum atomic E-state index is 10.8. The van der Waals surface area contributed by atoms with E-state index in [9.17, 15) is 4.79 Å². The number of carbonyl (C=O) groups excluding carboxylic acids is 1.